The van der Waals surface area contributed by atoms with Gasteiger partial charge in [-0.3, -0.25) is 9.20 Å². The summed E-state index contributed by atoms with van der Waals surface area (Å²) in [5.74, 6) is 0.692. The van der Waals surface area contributed by atoms with E-state index in [1.165, 1.54) is 11.8 Å². The second-order valence-corrected chi connectivity index (χ2v) is 7.92. The number of anilines is 1. The Balaban J connectivity index is 1.62. The van der Waals surface area contributed by atoms with Gasteiger partial charge in [-0.1, -0.05) is 36.9 Å². The minimum Gasteiger partial charge on any atom is -0.497 e. The van der Waals surface area contributed by atoms with Crippen molar-refractivity contribution in [3.8, 4) is 5.75 Å². The number of hydrogen-bond donors (Lipinski definition) is 1. The summed E-state index contributed by atoms with van der Waals surface area (Å²) >= 11 is 1.43. The molecule has 29 heavy (non-hydrogen) atoms. The van der Waals surface area contributed by atoms with Gasteiger partial charge in [-0.05, 0) is 55.3 Å². The van der Waals surface area contributed by atoms with Gasteiger partial charge >= 0.3 is 0 Å². The maximum atomic E-state index is 12.9. The highest BCUT2D eigenvalue weighted by Crippen LogP contribution is 2.29. The van der Waals surface area contributed by atoms with Crippen LogP contribution in [0.4, 0.5) is 5.69 Å². The smallest absolute Gasteiger partial charge is 0.237 e. The van der Waals surface area contributed by atoms with Crippen molar-refractivity contribution in [1.29, 1.82) is 0 Å². The van der Waals surface area contributed by atoms with Crippen LogP contribution >= 0.6 is 11.8 Å². The minimum atomic E-state index is -0.287. The van der Waals surface area contributed by atoms with Crippen LogP contribution in [0, 0.1) is 6.92 Å². The fourth-order valence-electron chi connectivity index (χ4n) is 3.30. The Morgan fingerprint density at radius 2 is 1.93 bits per heavy atom. The Morgan fingerprint density at radius 1 is 1.17 bits per heavy atom. The van der Waals surface area contributed by atoms with Gasteiger partial charge in [-0.25, -0.2) is 0 Å². The number of rotatable bonds is 6. The highest BCUT2D eigenvalue weighted by molar-refractivity contribution is 8.00. The van der Waals surface area contributed by atoms with Crippen molar-refractivity contribution < 1.29 is 9.53 Å². The van der Waals surface area contributed by atoms with Gasteiger partial charge in [0.25, 0.3) is 0 Å². The Labute approximate surface area is 173 Å². The van der Waals surface area contributed by atoms with Crippen LogP contribution < -0.4 is 10.1 Å². The lowest BCUT2D eigenvalue weighted by Gasteiger charge is -2.14. The molecule has 0 bridgehead atoms. The summed E-state index contributed by atoms with van der Waals surface area (Å²) in [5.41, 5.74) is 3.72. The van der Waals surface area contributed by atoms with Gasteiger partial charge in [0, 0.05) is 11.1 Å². The molecule has 1 N–H and O–H groups in total. The van der Waals surface area contributed by atoms with Crippen molar-refractivity contribution >= 4 is 39.9 Å². The SMILES string of the molecule is CCC(Sc1nnc2cc(C)c3ccccc3n12)C(=O)Nc1ccc(OC)cc1. The van der Waals surface area contributed by atoms with E-state index in [0.717, 1.165) is 33.6 Å². The number of pyridine rings is 1. The molecule has 1 atom stereocenters. The van der Waals surface area contributed by atoms with Crippen molar-refractivity contribution in [2.75, 3.05) is 12.4 Å². The zero-order chi connectivity index (χ0) is 20.4. The number of aromatic nitrogens is 3. The molecule has 1 amide bonds. The number of hydrogen-bond acceptors (Lipinski definition) is 5. The van der Waals surface area contributed by atoms with Gasteiger partial charge < -0.3 is 10.1 Å². The first kappa shape index (κ1) is 19.3. The Hall–Kier alpha value is -3.06. The maximum absolute atomic E-state index is 12.9. The number of thioether (sulfide) groups is 1. The van der Waals surface area contributed by atoms with E-state index in [0.29, 0.717) is 11.6 Å². The number of carbonyl (C=O) groups excluding carboxylic acids is 1. The highest BCUT2D eigenvalue weighted by atomic mass is 32.2. The normalized spacial score (nSPS) is 12.2. The molecule has 0 aliphatic heterocycles. The summed E-state index contributed by atoms with van der Waals surface area (Å²) < 4.78 is 7.19. The molecule has 4 rings (SSSR count). The van der Waals surface area contributed by atoms with Gasteiger partial charge in [-0.15, -0.1) is 10.2 Å². The molecule has 0 aliphatic rings. The van der Waals surface area contributed by atoms with Crippen LogP contribution in [0.3, 0.4) is 0 Å². The highest BCUT2D eigenvalue weighted by Gasteiger charge is 2.22. The predicted octanol–water partition coefficient (Wildman–Crippen LogP) is 4.71. The van der Waals surface area contributed by atoms with E-state index in [4.69, 9.17) is 4.74 Å². The van der Waals surface area contributed by atoms with Gasteiger partial charge in [-0.2, -0.15) is 0 Å². The zero-order valence-electron chi connectivity index (χ0n) is 16.5. The van der Waals surface area contributed by atoms with E-state index in [-0.39, 0.29) is 11.2 Å². The van der Waals surface area contributed by atoms with Crippen LogP contribution in [-0.2, 0) is 4.79 Å². The third kappa shape index (κ3) is 3.78. The van der Waals surface area contributed by atoms with E-state index >= 15 is 0 Å². The summed E-state index contributed by atoms with van der Waals surface area (Å²) in [6, 6.07) is 17.5. The molecule has 0 saturated heterocycles. The van der Waals surface area contributed by atoms with E-state index in [9.17, 15) is 4.79 Å². The van der Waals surface area contributed by atoms with Crippen LogP contribution in [-0.4, -0.2) is 32.9 Å². The predicted molar refractivity (Wildman–Crippen MR) is 117 cm³/mol. The lowest BCUT2D eigenvalue weighted by Crippen LogP contribution is -2.24. The van der Waals surface area contributed by atoms with Crippen LogP contribution in [0.2, 0.25) is 0 Å². The van der Waals surface area contributed by atoms with Crippen molar-refractivity contribution in [3.63, 3.8) is 0 Å². The fourth-order valence-corrected chi connectivity index (χ4v) is 4.27. The number of aryl methyl sites for hydroxylation is 1. The Bertz CT molecular complexity index is 1170. The third-order valence-electron chi connectivity index (χ3n) is 4.84. The summed E-state index contributed by atoms with van der Waals surface area (Å²) in [6.07, 6.45) is 0.672. The molecule has 6 nitrogen and oxygen atoms in total. The molecule has 2 aromatic carbocycles. The summed E-state index contributed by atoms with van der Waals surface area (Å²) in [4.78, 5) is 12.9. The number of ether oxygens (including phenoxy) is 1. The number of para-hydroxylation sites is 1. The quantitative estimate of drug-likeness (QED) is 0.470. The fraction of sp³-hybridized carbons (Fsp3) is 0.227. The number of nitrogens with zero attached hydrogens (tertiary/aromatic N) is 3. The monoisotopic (exact) mass is 406 g/mol. The Kier molecular flexibility index (Phi) is 5.40. The van der Waals surface area contributed by atoms with E-state index < -0.39 is 0 Å². The number of methoxy groups -OCH3 is 1. The number of nitrogens with one attached hydrogen (secondary N) is 1. The first-order chi connectivity index (χ1) is 14.1. The summed E-state index contributed by atoms with van der Waals surface area (Å²) in [7, 11) is 1.62. The molecule has 0 fully saturated rings. The van der Waals surface area contributed by atoms with E-state index in [1.54, 1.807) is 7.11 Å². The number of benzene rings is 2. The number of amides is 1. The molecule has 0 saturated carbocycles. The van der Waals surface area contributed by atoms with Crippen molar-refractivity contribution in [2.24, 2.45) is 0 Å². The first-order valence-electron chi connectivity index (χ1n) is 9.45. The molecular weight excluding hydrogens is 384 g/mol. The number of carbonyl (C=O) groups is 1. The molecule has 0 radical (unpaired) electrons. The van der Waals surface area contributed by atoms with Crippen LogP contribution in [0.5, 0.6) is 5.75 Å². The van der Waals surface area contributed by atoms with E-state index in [2.05, 4.69) is 34.6 Å². The molecule has 148 valence electrons. The van der Waals surface area contributed by atoms with Crippen molar-refractivity contribution in [1.82, 2.24) is 14.6 Å². The molecule has 0 aliphatic carbocycles. The topological polar surface area (TPSA) is 68.5 Å². The van der Waals surface area contributed by atoms with Gasteiger partial charge in [0.15, 0.2) is 10.8 Å². The maximum Gasteiger partial charge on any atom is 0.237 e. The van der Waals surface area contributed by atoms with Crippen molar-refractivity contribution in [2.45, 2.75) is 30.7 Å². The van der Waals surface area contributed by atoms with Crippen LogP contribution in [0.15, 0.2) is 59.8 Å². The zero-order valence-corrected chi connectivity index (χ0v) is 17.4. The average molecular weight is 407 g/mol. The van der Waals surface area contributed by atoms with E-state index in [1.807, 2.05) is 53.8 Å². The summed E-state index contributed by atoms with van der Waals surface area (Å²) in [6.45, 7) is 4.07. The molecule has 2 aromatic heterocycles. The number of fused-ring (bicyclic) bond motifs is 3. The molecule has 2 heterocycles. The van der Waals surface area contributed by atoms with Gasteiger partial charge in [0.05, 0.1) is 17.9 Å². The molecule has 7 heteroatoms. The molecule has 4 aromatic rings. The standard InChI is InChI=1S/C22H22N4O2S/c1-4-19(21(27)23-15-9-11-16(28-3)12-10-15)29-22-25-24-20-13-14(2)17-7-5-6-8-18(17)26(20)22/h5-13,19H,4H2,1-3H3,(H,23,27). The average Bonchev–Trinajstić information content (AvgIpc) is 3.15. The largest absolute Gasteiger partial charge is 0.497 e. The second-order valence-electron chi connectivity index (χ2n) is 6.75. The lowest BCUT2D eigenvalue weighted by molar-refractivity contribution is -0.115. The molecule has 1 unspecified atom stereocenters. The third-order valence-corrected chi connectivity index (χ3v) is 6.15. The lowest BCUT2D eigenvalue weighted by atomic mass is 10.1. The van der Waals surface area contributed by atoms with Crippen molar-refractivity contribution in [3.05, 3.63) is 60.2 Å². The summed E-state index contributed by atoms with van der Waals surface area (Å²) in [5, 5.41) is 13.2. The second kappa shape index (κ2) is 8.13. The molecular formula is C22H22N4O2S. The first-order valence-corrected chi connectivity index (χ1v) is 10.3. The van der Waals surface area contributed by atoms with Gasteiger partial charge in [0.1, 0.15) is 5.75 Å². The van der Waals surface area contributed by atoms with Gasteiger partial charge in [0.2, 0.25) is 5.91 Å². The Morgan fingerprint density at radius 3 is 2.66 bits per heavy atom. The minimum absolute atomic E-state index is 0.0594. The van der Waals surface area contributed by atoms with Crippen LogP contribution in [0.25, 0.3) is 16.6 Å². The molecule has 0 spiro atoms. The van der Waals surface area contributed by atoms with Crippen LogP contribution in [0.1, 0.15) is 18.9 Å².